The molecule has 0 aliphatic carbocycles. The molecule has 0 atom stereocenters. The molecule has 0 aliphatic rings. The van der Waals surface area contributed by atoms with E-state index in [1.54, 1.807) is 4.68 Å². The molecule has 4 heteroatoms. The molecule has 0 aliphatic heterocycles. The molecule has 0 unspecified atom stereocenters. The third-order valence-corrected chi connectivity index (χ3v) is 3.50. The van der Waals surface area contributed by atoms with E-state index in [1.165, 1.54) is 0 Å². The van der Waals surface area contributed by atoms with Crippen LogP contribution < -0.4 is 5.32 Å². The standard InChI is InChI=1S/C17H17N3O/c1-12-10-16(20(2)19-12)18-17(21)11-14-8-5-7-13-6-3-4-9-15(13)14/h3-10H,11H2,1-2H3,(H,18,21). The molecule has 4 nitrogen and oxygen atoms in total. The van der Waals surface area contributed by atoms with Crippen molar-refractivity contribution in [3.05, 3.63) is 59.8 Å². The van der Waals surface area contributed by atoms with Gasteiger partial charge >= 0.3 is 0 Å². The lowest BCUT2D eigenvalue weighted by Crippen LogP contribution is -2.16. The van der Waals surface area contributed by atoms with Crippen LogP contribution in [-0.4, -0.2) is 15.7 Å². The molecule has 0 saturated heterocycles. The molecule has 1 N–H and O–H groups in total. The first-order chi connectivity index (χ1) is 10.1. The van der Waals surface area contributed by atoms with Crippen LogP contribution in [0.25, 0.3) is 10.8 Å². The summed E-state index contributed by atoms with van der Waals surface area (Å²) in [4.78, 5) is 12.2. The lowest BCUT2D eigenvalue weighted by Gasteiger charge is -2.08. The Bertz CT molecular complexity index is 799. The van der Waals surface area contributed by atoms with Crippen molar-refractivity contribution in [1.29, 1.82) is 0 Å². The van der Waals surface area contributed by atoms with Crippen LogP contribution in [0.4, 0.5) is 5.82 Å². The molecular weight excluding hydrogens is 262 g/mol. The lowest BCUT2D eigenvalue weighted by molar-refractivity contribution is -0.115. The number of nitrogens with zero attached hydrogens (tertiary/aromatic N) is 2. The number of hydrogen-bond acceptors (Lipinski definition) is 2. The van der Waals surface area contributed by atoms with E-state index in [1.807, 2.05) is 50.4 Å². The zero-order valence-corrected chi connectivity index (χ0v) is 12.1. The van der Waals surface area contributed by atoms with E-state index in [2.05, 4.69) is 22.5 Å². The van der Waals surface area contributed by atoms with Gasteiger partial charge in [0, 0.05) is 13.1 Å². The van der Waals surface area contributed by atoms with Crippen LogP contribution in [0.1, 0.15) is 11.3 Å². The molecule has 1 aromatic heterocycles. The fourth-order valence-electron chi connectivity index (χ4n) is 2.53. The van der Waals surface area contributed by atoms with E-state index in [0.29, 0.717) is 6.42 Å². The summed E-state index contributed by atoms with van der Waals surface area (Å²) in [5, 5.41) is 9.40. The number of nitrogens with one attached hydrogen (secondary N) is 1. The van der Waals surface area contributed by atoms with Gasteiger partial charge in [0.2, 0.25) is 5.91 Å². The molecule has 0 bridgehead atoms. The van der Waals surface area contributed by atoms with Gasteiger partial charge in [-0.1, -0.05) is 42.5 Å². The van der Waals surface area contributed by atoms with Crippen molar-refractivity contribution in [1.82, 2.24) is 9.78 Å². The maximum atomic E-state index is 12.2. The third-order valence-electron chi connectivity index (χ3n) is 3.50. The molecule has 1 amide bonds. The number of fused-ring (bicyclic) bond motifs is 1. The highest BCUT2D eigenvalue weighted by Crippen LogP contribution is 2.19. The molecular formula is C17H17N3O. The van der Waals surface area contributed by atoms with Crippen LogP contribution in [0, 0.1) is 6.92 Å². The van der Waals surface area contributed by atoms with Crippen molar-refractivity contribution in [3.63, 3.8) is 0 Å². The Kier molecular flexibility index (Phi) is 3.44. The van der Waals surface area contributed by atoms with Crippen LogP contribution in [0.15, 0.2) is 48.5 Å². The van der Waals surface area contributed by atoms with Gasteiger partial charge in [0.1, 0.15) is 5.82 Å². The van der Waals surface area contributed by atoms with Gasteiger partial charge in [-0.15, -0.1) is 0 Å². The number of aryl methyl sites for hydroxylation is 2. The Morgan fingerprint density at radius 1 is 1.19 bits per heavy atom. The maximum absolute atomic E-state index is 12.2. The smallest absolute Gasteiger partial charge is 0.229 e. The summed E-state index contributed by atoms with van der Waals surface area (Å²) < 4.78 is 1.68. The van der Waals surface area contributed by atoms with Crippen molar-refractivity contribution in [3.8, 4) is 0 Å². The van der Waals surface area contributed by atoms with Gasteiger partial charge in [0.25, 0.3) is 0 Å². The van der Waals surface area contributed by atoms with E-state index in [4.69, 9.17) is 0 Å². The van der Waals surface area contributed by atoms with Gasteiger partial charge in [0.15, 0.2) is 0 Å². The monoisotopic (exact) mass is 279 g/mol. The zero-order chi connectivity index (χ0) is 14.8. The first kappa shape index (κ1) is 13.4. The summed E-state index contributed by atoms with van der Waals surface area (Å²) in [6.07, 6.45) is 0.353. The number of rotatable bonds is 3. The predicted molar refractivity (Wildman–Crippen MR) is 84.2 cm³/mol. The minimum absolute atomic E-state index is 0.0330. The Balaban J connectivity index is 1.82. The fourth-order valence-corrected chi connectivity index (χ4v) is 2.53. The maximum Gasteiger partial charge on any atom is 0.229 e. The first-order valence-corrected chi connectivity index (χ1v) is 6.90. The number of anilines is 1. The van der Waals surface area contributed by atoms with Crippen LogP contribution in [0.5, 0.6) is 0 Å². The summed E-state index contributed by atoms with van der Waals surface area (Å²) in [7, 11) is 1.82. The quantitative estimate of drug-likeness (QED) is 0.801. The molecule has 0 fully saturated rings. The average Bonchev–Trinajstić information content (AvgIpc) is 2.77. The van der Waals surface area contributed by atoms with Crippen LogP contribution in [-0.2, 0) is 18.3 Å². The highest BCUT2D eigenvalue weighted by Gasteiger charge is 2.09. The number of carbonyl (C=O) groups is 1. The van der Waals surface area contributed by atoms with Crippen molar-refractivity contribution < 1.29 is 4.79 Å². The Hall–Kier alpha value is -2.62. The van der Waals surface area contributed by atoms with Gasteiger partial charge < -0.3 is 5.32 Å². The van der Waals surface area contributed by atoms with Crippen molar-refractivity contribution >= 4 is 22.5 Å². The zero-order valence-electron chi connectivity index (χ0n) is 12.1. The average molecular weight is 279 g/mol. The molecule has 0 spiro atoms. The van der Waals surface area contributed by atoms with E-state index in [-0.39, 0.29) is 5.91 Å². The summed E-state index contributed by atoms with van der Waals surface area (Å²) in [6.45, 7) is 1.90. The summed E-state index contributed by atoms with van der Waals surface area (Å²) >= 11 is 0. The van der Waals surface area contributed by atoms with Crippen LogP contribution >= 0.6 is 0 Å². The van der Waals surface area contributed by atoms with Crippen molar-refractivity contribution in [2.45, 2.75) is 13.3 Å². The second-order valence-corrected chi connectivity index (χ2v) is 5.16. The van der Waals surface area contributed by atoms with Crippen LogP contribution in [0.2, 0.25) is 0 Å². The van der Waals surface area contributed by atoms with Gasteiger partial charge in [-0.2, -0.15) is 5.10 Å². The number of benzene rings is 2. The number of aromatic nitrogens is 2. The number of carbonyl (C=O) groups excluding carboxylic acids is 1. The third kappa shape index (κ3) is 2.79. The molecule has 106 valence electrons. The van der Waals surface area contributed by atoms with E-state index in [0.717, 1.165) is 27.8 Å². The topological polar surface area (TPSA) is 46.9 Å². The van der Waals surface area contributed by atoms with E-state index >= 15 is 0 Å². The minimum atomic E-state index is -0.0330. The summed E-state index contributed by atoms with van der Waals surface area (Å²) in [6, 6.07) is 16.0. The fraction of sp³-hybridized carbons (Fsp3) is 0.176. The van der Waals surface area contributed by atoms with Gasteiger partial charge in [-0.3, -0.25) is 9.48 Å². The highest BCUT2D eigenvalue weighted by molar-refractivity contribution is 5.95. The van der Waals surface area contributed by atoms with E-state index < -0.39 is 0 Å². The summed E-state index contributed by atoms with van der Waals surface area (Å²) in [5.74, 6) is 0.687. The first-order valence-electron chi connectivity index (χ1n) is 6.90. The molecule has 2 aromatic carbocycles. The normalized spacial score (nSPS) is 10.8. The number of amides is 1. The predicted octanol–water partition coefficient (Wildman–Crippen LogP) is 3.06. The Morgan fingerprint density at radius 3 is 2.71 bits per heavy atom. The van der Waals surface area contributed by atoms with Gasteiger partial charge in [-0.25, -0.2) is 0 Å². The molecule has 0 saturated carbocycles. The van der Waals surface area contributed by atoms with Crippen LogP contribution in [0.3, 0.4) is 0 Å². The SMILES string of the molecule is Cc1cc(NC(=O)Cc2cccc3ccccc23)n(C)n1. The highest BCUT2D eigenvalue weighted by atomic mass is 16.1. The van der Waals surface area contributed by atoms with Crippen molar-refractivity contribution in [2.24, 2.45) is 7.05 Å². The summed E-state index contributed by atoms with van der Waals surface area (Å²) in [5.41, 5.74) is 1.92. The molecule has 0 radical (unpaired) electrons. The Morgan fingerprint density at radius 2 is 1.95 bits per heavy atom. The second kappa shape index (κ2) is 5.40. The lowest BCUT2D eigenvalue weighted by atomic mass is 10.0. The molecule has 3 rings (SSSR count). The van der Waals surface area contributed by atoms with E-state index in [9.17, 15) is 4.79 Å². The second-order valence-electron chi connectivity index (χ2n) is 5.16. The van der Waals surface area contributed by atoms with Gasteiger partial charge in [0.05, 0.1) is 12.1 Å². The number of hydrogen-bond donors (Lipinski definition) is 1. The molecule has 3 aromatic rings. The van der Waals surface area contributed by atoms with Crippen molar-refractivity contribution in [2.75, 3.05) is 5.32 Å². The van der Waals surface area contributed by atoms with Gasteiger partial charge in [-0.05, 0) is 23.3 Å². The molecule has 1 heterocycles. The molecule has 21 heavy (non-hydrogen) atoms. The minimum Gasteiger partial charge on any atom is -0.311 e. The largest absolute Gasteiger partial charge is 0.311 e. The Labute approximate surface area is 123 Å².